The predicted molar refractivity (Wildman–Crippen MR) is 89.3 cm³/mol. The molecule has 120 valence electrons. The van der Waals surface area contributed by atoms with Gasteiger partial charge in [-0.3, -0.25) is 9.69 Å². The first kappa shape index (κ1) is 15.5. The van der Waals surface area contributed by atoms with Crippen LogP contribution in [0.2, 0.25) is 0 Å². The molecule has 3 rings (SSSR count). The molecule has 2 atom stereocenters. The number of amides is 1. The van der Waals surface area contributed by atoms with Crippen molar-refractivity contribution in [3.63, 3.8) is 0 Å². The van der Waals surface area contributed by atoms with Crippen LogP contribution in [0.5, 0.6) is 0 Å². The summed E-state index contributed by atoms with van der Waals surface area (Å²) in [5.41, 5.74) is 1.38. The van der Waals surface area contributed by atoms with E-state index in [0.717, 1.165) is 38.9 Å². The molecule has 1 aliphatic carbocycles. The van der Waals surface area contributed by atoms with Crippen LogP contribution in [0.3, 0.4) is 0 Å². The lowest BCUT2D eigenvalue weighted by molar-refractivity contribution is -0.123. The molecule has 1 aromatic carbocycles. The van der Waals surface area contributed by atoms with Gasteiger partial charge >= 0.3 is 0 Å². The molecule has 1 saturated carbocycles. The van der Waals surface area contributed by atoms with Gasteiger partial charge in [0, 0.05) is 31.6 Å². The van der Waals surface area contributed by atoms with Gasteiger partial charge in [0.15, 0.2) is 0 Å². The third-order valence-electron chi connectivity index (χ3n) is 5.22. The number of rotatable bonds is 5. The number of hydrogen-bond donors (Lipinski definition) is 1. The van der Waals surface area contributed by atoms with Gasteiger partial charge in [-0.2, -0.15) is 0 Å². The maximum atomic E-state index is 12.2. The van der Waals surface area contributed by atoms with Crippen molar-refractivity contribution in [2.24, 2.45) is 17.8 Å². The zero-order valence-electron chi connectivity index (χ0n) is 13.8. The molecule has 1 aliphatic heterocycles. The summed E-state index contributed by atoms with van der Waals surface area (Å²) >= 11 is 0. The number of hydrogen-bond acceptors (Lipinski definition) is 2. The third-order valence-corrected chi connectivity index (χ3v) is 5.22. The topological polar surface area (TPSA) is 32.3 Å². The van der Waals surface area contributed by atoms with E-state index < -0.39 is 0 Å². The van der Waals surface area contributed by atoms with Crippen molar-refractivity contribution in [2.75, 3.05) is 13.1 Å². The number of carbonyl (C=O) groups is 1. The number of piperidine rings is 1. The van der Waals surface area contributed by atoms with E-state index in [4.69, 9.17) is 0 Å². The van der Waals surface area contributed by atoms with Crippen molar-refractivity contribution >= 4 is 5.91 Å². The quantitative estimate of drug-likeness (QED) is 0.906. The van der Waals surface area contributed by atoms with Gasteiger partial charge in [0.05, 0.1) is 0 Å². The van der Waals surface area contributed by atoms with E-state index in [1.54, 1.807) is 0 Å². The largest absolute Gasteiger partial charge is 0.353 e. The molecule has 1 saturated heterocycles. The van der Waals surface area contributed by atoms with Crippen LogP contribution < -0.4 is 5.32 Å². The highest BCUT2D eigenvalue weighted by Crippen LogP contribution is 2.44. The van der Waals surface area contributed by atoms with Crippen LogP contribution >= 0.6 is 0 Å². The fourth-order valence-electron chi connectivity index (χ4n) is 3.64. The first-order valence-corrected chi connectivity index (χ1v) is 8.70. The second-order valence-corrected chi connectivity index (χ2v) is 7.29. The molecule has 3 nitrogen and oxygen atoms in total. The van der Waals surface area contributed by atoms with Gasteiger partial charge in [0.1, 0.15) is 0 Å². The normalized spacial score (nSPS) is 26.1. The number of carbonyl (C=O) groups excluding carboxylic acids is 1. The summed E-state index contributed by atoms with van der Waals surface area (Å²) in [4.78, 5) is 14.7. The van der Waals surface area contributed by atoms with Gasteiger partial charge in [-0.1, -0.05) is 44.2 Å². The maximum Gasteiger partial charge on any atom is 0.223 e. The van der Waals surface area contributed by atoms with E-state index in [0.29, 0.717) is 29.7 Å². The Balaban J connectivity index is 1.40. The van der Waals surface area contributed by atoms with Gasteiger partial charge in [0.2, 0.25) is 5.91 Å². The lowest BCUT2D eigenvalue weighted by Gasteiger charge is -2.32. The van der Waals surface area contributed by atoms with Crippen LogP contribution in [0.25, 0.3) is 0 Å². The highest BCUT2D eigenvalue weighted by atomic mass is 16.2. The highest BCUT2D eigenvalue weighted by molar-refractivity contribution is 5.81. The van der Waals surface area contributed by atoms with Crippen LogP contribution in [0.4, 0.5) is 0 Å². The van der Waals surface area contributed by atoms with E-state index >= 15 is 0 Å². The van der Waals surface area contributed by atoms with E-state index in [-0.39, 0.29) is 0 Å². The summed E-state index contributed by atoms with van der Waals surface area (Å²) in [7, 11) is 0. The molecule has 0 radical (unpaired) electrons. The molecule has 1 N–H and O–H groups in total. The fourth-order valence-corrected chi connectivity index (χ4v) is 3.64. The zero-order valence-corrected chi connectivity index (χ0v) is 13.8. The number of nitrogens with one attached hydrogen (secondary N) is 1. The molecule has 2 fully saturated rings. The molecule has 2 unspecified atom stereocenters. The summed E-state index contributed by atoms with van der Waals surface area (Å²) in [5.74, 6) is 1.86. The Hall–Kier alpha value is -1.35. The Bertz CT molecular complexity index is 491. The van der Waals surface area contributed by atoms with E-state index in [2.05, 4.69) is 54.4 Å². The minimum absolute atomic E-state index is 0.294. The van der Waals surface area contributed by atoms with Gasteiger partial charge in [0.25, 0.3) is 0 Å². The second kappa shape index (κ2) is 6.82. The molecule has 3 heteroatoms. The van der Waals surface area contributed by atoms with Crippen molar-refractivity contribution in [1.82, 2.24) is 10.2 Å². The molecule has 1 amide bonds. The van der Waals surface area contributed by atoms with E-state index in [9.17, 15) is 4.79 Å². The second-order valence-electron chi connectivity index (χ2n) is 7.29. The zero-order chi connectivity index (χ0) is 15.5. The Labute approximate surface area is 134 Å². The van der Waals surface area contributed by atoms with E-state index in [1.807, 2.05) is 0 Å². The maximum absolute atomic E-state index is 12.2. The van der Waals surface area contributed by atoms with Crippen molar-refractivity contribution < 1.29 is 4.79 Å². The first-order chi connectivity index (χ1) is 10.6. The molecule has 0 aromatic heterocycles. The lowest BCUT2D eigenvalue weighted by atomic mass is 10.0. The predicted octanol–water partition coefficient (Wildman–Crippen LogP) is 3.06. The fraction of sp³-hybridized carbons (Fsp3) is 0.632. The van der Waals surface area contributed by atoms with E-state index in [1.165, 1.54) is 5.56 Å². The van der Waals surface area contributed by atoms with Crippen molar-refractivity contribution in [1.29, 1.82) is 0 Å². The van der Waals surface area contributed by atoms with Crippen LogP contribution in [-0.2, 0) is 11.3 Å². The summed E-state index contributed by atoms with van der Waals surface area (Å²) in [5, 5.41) is 3.28. The average Bonchev–Trinajstić information content (AvgIpc) is 3.31. The van der Waals surface area contributed by atoms with Gasteiger partial charge in [-0.05, 0) is 36.7 Å². The first-order valence-electron chi connectivity index (χ1n) is 8.70. The van der Waals surface area contributed by atoms with Gasteiger partial charge in [-0.15, -0.1) is 0 Å². The molecule has 1 aromatic rings. The van der Waals surface area contributed by atoms with Crippen LogP contribution in [-0.4, -0.2) is 29.9 Å². The van der Waals surface area contributed by atoms with Crippen molar-refractivity contribution in [2.45, 2.75) is 45.7 Å². The Kier molecular flexibility index (Phi) is 4.82. The summed E-state index contributed by atoms with van der Waals surface area (Å²) in [6, 6.07) is 11.0. The molecule has 0 bridgehead atoms. The summed E-state index contributed by atoms with van der Waals surface area (Å²) in [6.45, 7) is 7.63. The molecular formula is C19H28N2O. The molecule has 0 spiro atoms. The Morgan fingerprint density at radius 2 is 1.91 bits per heavy atom. The average molecular weight is 300 g/mol. The molecule has 1 heterocycles. The summed E-state index contributed by atoms with van der Waals surface area (Å²) < 4.78 is 0. The minimum atomic E-state index is 0.294. The number of benzene rings is 1. The minimum Gasteiger partial charge on any atom is -0.353 e. The van der Waals surface area contributed by atoms with Crippen LogP contribution in [0.15, 0.2) is 30.3 Å². The monoisotopic (exact) mass is 300 g/mol. The lowest BCUT2D eigenvalue weighted by Crippen LogP contribution is -2.45. The smallest absolute Gasteiger partial charge is 0.223 e. The van der Waals surface area contributed by atoms with Crippen molar-refractivity contribution in [3.05, 3.63) is 35.9 Å². The third kappa shape index (κ3) is 3.89. The van der Waals surface area contributed by atoms with Gasteiger partial charge in [-0.25, -0.2) is 0 Å². The Morgan fingerprint density at radius 1 is 1.23 bits per heavy atom. The molecule has 22 heavy (non-hydrogen) atoms. The van der Waals surface area contributed by atoms with Gasteiger partial charge < -0.3 is 5.32 Å². The van der Waals surface area contributed by atoms with Crippen molar-refractivity contribution in [3.8, 4) is 0 Å². The molecule has 2 aliphatic rings. The summed E-state index contributed by atoms with van der Waals surface area (Å²) in [6.07, 6.45) is 3.26. The van der Waals surface area contributed by atoms with Crippen LogP contribution in [0, 0.1) is 17.8 Å². The standard InChI is InChI=1S/C19H28N2O/c1-14(2)17-12-18(17)19(22)20-16-8-10-21(11-9-16)13-15-6-4-3-5-7-15/h3-7,14,16-18H,8-13H2,1-2H3,(H,20,22). The molecular weight excluding hydrogens is 272 g/mol. The SMILES string of the molecule is CC(C)C1CC1C(=O)NC1CCN(Cc2ccccc2)CC1. The number of nitrogens with zero attached hydrogens (tertiary/aromatic N) is 1. The van der Waals surface area contributed by atoms with Crippen LogP contribution in [0.1, 0.15) is 38.7 Å². The highest BCUT2D eigenvalue weighted by Gasteiger charge is 2.44. The Morgan fingerprint density at radius 3 is 2.50 bits per heavy atom. The number of likely N-dealkylation sites (tertiary alicyclic amines) is 1.